The zero-order valence-corrected chi connectivity index (χ0v) is 7.79. The molecule has 0 saturated carbocycles. The lowest BCUT2D eigenvalue weighted by Gasteiger charge is -2.05. The van der Waals surface area contributed by atoms with E-state index in [4.69, 9.17) is 5.11 Å². The second-order valence-corrected chi connectivity index (χ2v) is 2.98. The van der Waals surface area contributed by atoms with Crippen LogP contribution in [0, 0.1) is 13.8 Å². The Bertz CT molecular complexity index is 321. The van der Waals surface area contributed by atoms with Gasteiger partial charge in [-0.05, 0) is 25.5 Å². The van der Waals surface area contributed by atoms with Crippen LogP contribution in [0.15, 0.2) is 18.2 Å². The Kier molecular flexibility index (Phi) is 3.03. The zero-order valence-electron chi connectivity index (χ0n) is 7.79. The molecule has 1 rings (SSSR count). The minimum absolute atomic E-state index is 0.236. The van der Waals surface area contributed by atoms with Crippen LogP contribution in [-0.4, -0.2) is 17.7 Å². The molecule has 0 unspecified atom stereocenters. The predicted molar refractivity (Wildman–Crippen MR) is 50.5 cm³/mol. The SMILES string of the molecule is Cc1ccc(C(=O)NCO)c(C)c1. The second-order valence-electron chi connectivity index (χ2n) is 2.98. The Hall–Kier alpha value is -1.35. The smallest absolute Gasteiger partial charge is 0.253 e. The first-order valence-corrected chi connectivity index (χ1v) is 4.11. The van der Waals surface area contributed by atoms with E-state index in [-0.39, 0.29) is 12.6 Å². The molecule has 0 aliphatic carbocycles. The Labute approximate surface area is 77.4 Å². The van der Waals surface area contributed by atoms with E-state index in [9.17, 15) is 4.79 Å². The molecule has 3 nitrogen and oxygen atoms in total. The van der Waals surface area contributed by atoms with Crippen LogP contribution in [0.1, 0.15) is 21.5 Å². The van der Waals surface area contributed by atoms with Gasteiger partial charge in [-0.2, -0.15) is 0 Å². The summed E-state index contributed by atoms with van der Waals surface area (Å²) >= 11 is 0. The molecule has 2 N–H and O–H groups in total. The molecule has 0 bridgehead atoms. The number of carbonyl (C=O) groups is 1. The molecule has 0 saturated heterocycles. The van der Waals surface area contributed by atoms with Gasteiger partial charge < -0.3 is 10.4 Å². The molecule has 1 amide bonds. The van der Waals surface area contributed by atoms with Crippen molar-refractivity contribution in [1.82, 2.24) is 5.32 Å². The van der Waals surface area contributed by atoms with E-state index in [1.54, 1.807) is 6.07 Å². The highest BCUT2D eigenvalue weighted by atomic mass is 16.3. The van der Waals surface area contributed by atoms with Crippen molar-refractivity contribution in [3.8, 4) is 0 Å². The minimum atomic E-state index is -0.327. The third-order valence-electron chi connectivity index (χ3n) is 1.87. The predicted octanol–water partition coefficient (Wildman–Crippen LogP) is 0.983. The summed E-state index contributed by atoms with van der Waals surface area (Å²) in [7, 11) is 0. The Morgan fingerprint density at radius 2 is 2.15 bits per heavy atom. The van der Waals surface area contributed by atoms with Crippen LogP contribution in [0.2, 0.25) is 0 Å². The largest absolute Gasteiger partial charge is 0.376 e. The van der Waals surface area contributed by atoms with Crippen LogP contribution in [0.5, 0.6) is 0 Å². The molecule has 0 aliphatic rings. The van der Waals surface area contributed by atoms with Gasteiger partial charge in [-0.1, -0.05) is 17.7 Å². The van der Waals surface area contributed by atoms with Gasteiger partial charge in [-0.3, -0.25) is 4.79 Å². The number of aryl methyl sites for hydroxylation is 2. The summed E-state index contributed by atoms with van der Waals surface area (Å²) in [4.78, 5) is 11.3. The fourth-order valence-electron chi connectivity index (χ4n) is 1.24. The van der Waals surface area contributed by atoms with Crippen molar-refractivity contribution in [3.63, 3.8) is 0 Å². The van der Waals surface area contributed by atoms with E-state index in [1.807, 2.05) is 26.0 Å². The zero-order chi connectivity index (χ0) is 9.84. The van der Waals surface area contributed by atoms with Crippen LogP contribution < -0.4 is 5.32 Å². The summed E-state index contributed by atoms with van der Waals surface area (Å²) in [5, 5.41) is 10.9. The average molecular weight is 179 g/mol. The van der Waals surface area contributed by atoms with Gasteiger partial charge in [0, 0.05) is 5.56 Å². The van der Waals surface area contributed by atoms with Gasteiger partial charge in [0.1, 0.15) is 6.73 Å². The van der Waals surface area contributed by atoms with Crippen molar-refractivity contribution in [3.05, 3.63) is 34.9 Å². The highest BCUT2D eigenvalue weighted by molar-refractivity contribution is 5.95. The van der Waals surface area contributed by atoms with E-state index in [2.05, 4.69) is 5.32 Å². The van der Waals surface area contributed by atoms with Crippen molar-refractivity contribution in [2.24, 2.45) is 0 Å². The van der Waals surface area contributed by atoms with Crippen molar-refractivity contribution in [2.75, 3.05) is 6.73 Å². The number of amides is 1. The first-order valence-electron chi connectivity index (χ1n) is 4.11. The van der Waals surface area contributed by atoms with Gasteiger partial charge in [-0.15, -0.1) is 0 Å². The topological polar surface area (TPSA) is 49.3 Å². The molecule has 1 aromatic rings. The molecule has 0 heterocycles. The van der Waals surface area contributed by atoms with Crippen molar-refractivity contribution >= 4 is 5.91 Å². The van der Waals surface area contributed by atoms with E-state index < -0.39 is 0 Å². The standard InChI is InChI=1S/C10H13NO2/c1-7-3-4-9(8(2)5-7)10(13)11-6-12/h3-5,12H,6H2,1-2H3,(H,11,13). The molecule has 0 aliphatic heterocycles. The fraction of sp³-hybridized carbons (Fsp3) is 0.300. The van der Waals surface area contributed by atoms with Crippen molar-refractivity contribution in [2.45, 2.75) is 13.8 Å². The van der Waals surface area contributed by atoms with Gasteiger partial charge in [0.25, 0.3) is 5.91 Å². The van der Waals surface area contributed by atoms with E-state index in [0.717, 1.165) is 11.1 Å². The van der Waals surface area contributed by atoms with Gasteiger partial charge >= 0.3 is 0 Å². The second kappa shape index (κ2) is 4.05. The molecule has 70 valence electrons. The van der Waals surface area contributed by atoms with Crippen LogP contribution in [0.4, 0.5) is 0 Å². The van der Waals surface area contributed by atoms with Crippen LogP contribution in [-0.2, 0) is 0 Å². The molecule has 3 heteroatoms. The third kappa shape index (κ3) is 2.29. The summed E-state index contributed by atoms with van der Waals surface area (Å²) in [5.41, 5.74) is 2.66. The van der Waals surface area contributed by atoms with Crippen LogP contribution in [0.3, 0.4) is 0 Å². The lowest BCUT2D eigenvalue weighted by Crippen LogP contribution is -2.24. The number of nitrogens with one attached hydrogen (secondary N) is 1. The third-order valence-corrected chi connectivity index (χ3v) is 1.87. The summed E-state index contributed by atoms with van der Waals surface area (Å²) in [6.45, 7) is 3.52. The average Bonchev–Trinajstić information content (AvgIpc) is 2.04. The summed E-state index contributed by atoms with van der Waals surface area (Å²) in [6, 6.07) is 5.57. The minimum Gasteiger partial charge on any atom is -0.376 e. The first kappa shape index (κ1) is 9.74. The molecule has 1 aromatic carbocycles. The van der Waals surface area contributed by atoms with Gasteiger partial charge in [-0.25, -0.2) is 0 Å². The maximum atomic E-state index is 11.3. The van der Waals surface area contributed by atoms with Crippen LogP contribution in [0.25, 0.3) is 0 Å². The number of aliphatic hydroxyl groups is 1. The number of hydrogen-bond donors (Lipinski definition) is 2. The molecular weight excluding hydrogens is 166 g/mol. The number of carbonyl (C=O) groups excluding carboxylic acids is 1. The quantitative estimate of drug-likeness (QED) is 0.665. The summed E-state index contributed by atoms with van der Waals surface area (Å²) < 4.78 is 0. The lowest BCUT2D eigenvalue weighted by molar-refractivity contribution is 0.0909. The van der Waals surface area contributed by atoms with E-state index in [0.29, 0.717) is 5.56 Å². The number of hydrogen-bond acceptors (Lipinski definition) is 2. The number of rotatable bonds is 2. The fourth-order valence-corrected chi connectivity index (χ4v) is 1.24. The highest BCUT2D eigenvalue weighted by Gasteiger charge is 2.06. The Morgan fingerprint density at radius 3 is 2.69 bits per heavy atom. The monoisotopic (exact) mass is 179 g/mol. The van der Waals surface area contributed by atoms with Gasteiger partial charge in [0.15, 0.2) is 0 Å². The summed E-state index contributed by atoms with van der Waals surface area (Å²) in [5.74, 6) is -0.236. The normalized spacial score (nSPS) is 9.77. The molecule has 0 spiro atoms. The van der Waals surface area contributed by atoms with Crippen LogP contribution >= 0.6 is 0 Å². The molecule has 0 fully saturated rings. The molecule has 0 radical (unpaired) electrons. The van der Waals surface area contributed by atoms with Gasteiger partial charge in [0.2, 0.25) is 0 Å². The highest BCUT2D eigenvalue weighted by Crippen LogP contribution is 2.09. The molecule has 0 atom stereocenters. The van der Waals surface area contributed by atoms with E-state index in [1.165, 1.54) is 0 Å². The molecule has 0 aromatic heterocycles. The maximum absolute atomic E-state index is 11.3. The number of benzene rings is 1. The Morgan fingerprint density at radius 1 is 1.46 bits per heavy atom. The summed E-state index contributed by atoms with van der Waals surface area (Å²) in [6.07, 6.45) is 0. The van der Waals surface area contributed by atoms with E-state index >= 15 is 0 Å². The van der Waals surface area contributed by atoms with Crippen molar-refractivity contribution < 1.29 is 9.90 Å². The lowest BCUT2D eigenvalue weighted by atomic mass is 10.1. The first-order chi connectivity index (χ1) is 6.15. The maximum Gasteiger partial charge on any atom is 0.253 e. The van der Waals surface area contributed by atoms with Gasteiger partial charge in [0.05, 0.1) is 0 Å². The molecule has 13 heavy (non-hydrogen) atoms. The Balaban J connectivity index is 2.95. The number of aliphatic hydroxyl groups excluding tert-OH is 1. The molecular formula is C10H13NO2. The van der Waals surface area contributed by atoms with Crippen molar-refractivity contribution in [1.29, 1.82) is 0 Å².